The van der Waals surface area contributed by atoms with E-state index in [0.29, 0.717) is 47.6 Å². The van der Waals surface area contributed by atoms with E-state index < -0.39 is 5.91 Å². The molecule has 1 saturated heterocycles. The van der Waals surface area contributed by atoms with Crippen LogP contribution >= 0.6 is 23.2 Å². The Morgan fingerprint density at radius 2 is 1.84 bits per heavy atom. The van der Waals surface area contributed by atoms with Gasteiger partial charge in [0.25, 0.3) is 11.8 Å². The second-order valence-corrected chi connectivity index (χ2v) is 6.23. The van der Waals surface area contributed by atoms with Gasteiger partial charge in [-0.05, 0) is 30.3 Å². The molecule has 0 spiro atoms. The first-order chi connectivity index (χ1) is 12.0. The van der Waals surface area contributed by atoms with E-state index in [9.17, 15) is 9.59 Å². The van der Waals surface area contributed by atoms with E-state index in [1.165, 1.54) is 12.3 Å². The van der Waals surface area contributed by atoms with Crippen LogP contribution < -0.4 is 5.32 Å². The van der Waals surface area contributed by atoms with E-state index >= 15 is 0 Å². The van der Waals surface area contributed by atoms with E-state index in [2.05, 4.69) is 10.3 Å². The van der Waals surface area contributed by atoms with E-state index in [1.807, 2.05) is 0 Å². The zero-order valence-electron chi connectivity index (χ0n) is 13.2. The third-order valence-electron chi connectivity index (χ3n) is 3.72. The first kappa shape index (κ1) is 17.7. The molecule has 2 aromatic rings. The fourth-order valence-electron chi connectivity index (χ4n) is 2.41. The van der Waals surface area contributed by atoms with Crippen molar-refractivity contribution in [2.24, 2.45) is 0 Å². The molecule has 0 radical (unpaired) electrons. The summed E-state index contributed by atoms with van der Waals surface area (Å²) in [7, 11) is 0. The maximum absolute atomic E-state index is 12.5. The SMILES string of the molecule is O=C(Nc1ccc(Cl)c(Cl)c1)c1cc(C(=O)N2CCOCC2)ccn1. The third kappa shape index (κ3) is 4.28. The van der Waals surface area contributed by atoms with Crippen LogP contribution in [0.3, 0.4) is 0 Å². The molecule has 1 aliphatic heterocycles. The second kappa shape index (κ2) is 7.82. The Balaban J connectivity index is 1.74. The molecule has 0 atom stereocenters. The molecule has 3 rings (SSSR count). The Hall–Kier alpha value is -2.15. The molecule has 1 aliphatic rings. The second-order valence-electron chi connectivity index (χ2n) is 5.42. The summed E-state index contributed by atoms with van der Waals surface area (Å²) in [6.45, 7) is 2.10. The number of pyridine rings is 1. The summed E-state index contributed by atoms with van der Waals surface area (Å²) < 4.78 is 5.24. The minimum Gasteiger partial charge on any atom is -0.378 e. The lowest BCUT2D eigenvalue weighted by Crippen LogP contribution is -2.40. The summed E-state index contributed by atoms with van der Waals surface area (Å²) in [5, 5.41) is 3.42. The molecule has 2 amide bonds. The summed E-state index contributed by atoms with van der Waals surface area (Å²) in [6.07, 6.45) is 1.44. The van der Waals surface area contributed by atoms with Gasteiger partial charge < -0.3 is 15.0 Å². The van der Waals surface area contributed by atoms with Gasteiger partial charge in [-0.2, -0.15) is 0 Å². The van der Waals surface area contributed by atoms with Gasteiger partial charge in [-0.3, -0.25) is 14.6 Å². The normalized spacial score (nSPS) is 14.2. The molecule has 0 saturated carbocycles. The standard InChI is InChI=1S/C17H15Cl2N3O3/c18-13-2-1-12(10-14(13)19)21-16(23)15-9-11(3-4-20-15)17(24)22-5-7-25-8-6-22/h1-4,9-10H,5-8H2,(H,21,23). The third-order valence-corrected chi connectivity index (χ3v) is 4.45. The van der Waals surface area contributed by atoms with Crippen molar-refractivity contribution in [2.75, 3.05) is 31.6 Å². The Bertz CT molecular complexity index is 807. The van der Waals surface area contributed by atoms with E-state index in [0.717, 1.165) is 0 Å². The Morgan fingerprint density at radius 1 is 1.08 bits per heavy atom. The number of aromatic nitrogens is 1. The Morgan fingerprint density at radius 3 is 2.56 bits per heavy atom. The zero-order chi connectivity index (χ0) is 17.8. The summed E-state index contributed by atoms with van der Waals surface area (Å²) in [5.41, 5.74) is 1.05. The van der Waals surface area contributed by atoms with Crippen molar-refractivity contribution in [3.05, 3.63) is 57.8 Å². The van der Waals surface area contributed by atoms with Crippen molar-refractivity contribution in [1.82, 2.24) is 9.88 Å². The van der Waals surface area contributed by atoms with Crippen LogP contribution in [0.5, 0.6) is 0 Å². The van der Waals surface area contributed by atoms with E-state index in [1.54, 1.807) is 29.2 Å². The highest BCUT2D eigenvalue weighted by Crippen LogP contribution is 2.25. The highest BCUT2D eigenvalue weighted by Gasteiger charge is 2.20. The van der Waals surface area contributed by atoms with Gasteiger partial charge in [0.15, 0.2) is 0 Å². The molecule has 130 valence electrons. The van der Waals surface area contributed by atoms with Crippen LogP contribution in [0.4, 0.5) is 5.69 Å². The minimum absolute atomic E-state index is 0.144. The van der Waals surface area contributed by atoms with Gasteiger partial charge >= 0.3 is 0 Å². The molecule has 1 aromatic carbocycles. The van der Waals surface area contributed by atoms with Crippen LogP contribution in [0.2, 0.25) is 10.0 Å². The van der Waals surface area contributed by atoms with Gasteiger partial charge in [-0.15, -0.1) is 0 Å². The van der Waals surface area contributed by atoms with Crippen LogP contribution in [0, 0.1) is 0 Å². The molecular formula is C17H15Cl2N3O3. The van der Waals surface area contributed by atoms with Gasteiger partial charge in [0.1, 0.15) is 5.69 Å². The quantitative estimate of drug-likeness (QED) is 0.888. The van der Waals surface area contributed by atoms with Crippen molar-refractivity contribution in [3.63, 3.8) is 0 Å². The number of nitrogens with zero attached hydrogens (tertiary/aromatic N) is 2. The molecule has 25 heavy (non-hydrogen) atoms. The van der Waals surface area contributed by atoms with Gasteiger partial charge in [-0.1, -0.05) is 23.2 Å². The molecule has 6 nitrogen and oxygen atoms in total. The Kier molecular flexibility index (Phi) is 5.53. The van der Waals surface area contributed by atoms with E-state index in [-0.39, 0.29) is 11.6 Å². The largest absolute Gasteiger partial charge is 0.378 e. The van der Waals surface area contributed by atoms with Crippen LogP contribution in [0.25, 0.3) is 0 Å². The summed E-state index contributed by atoms with van der Waals surface area (Å²) in [4.78, 5) is 30.6. The van der Waals surface area contributed by atoms with Crippen molar-refractivity contribution >= 4 is 40.7 Å². The van der Waals surface area contributed by atoms with Crippen LogP contribution in [0.15, 0.2) is 36.5 Å². The molecule has 0 bridgehead atoms. The monoisotopic (exact) mass is 379 g/mol. The number of carbonyl (C=O) groups excluding carboxylic acids is 2. The lowest BCUT2D eigenvalue weighted by molar-refractivity contribution is 0.0303. The van der Waals surface area contributed by atoms with Crippen molar-refractivity contribution in [1.29, 1.82) is 0 Å². The maximum atomic E-state index is 12.5. The number of hydrogen-bond acceptors (Lipinski definition) is 4. The summed E-state index contributed by atoms with van der Waals surface area (Å²) in [5.74, 6) is -0.579. The maximum Gasteiger partial charge on any atom is 0.274 e. The first-order valence-electron chi connectivity index (χ1n) is 7.64. The van der Waals surface area contributed by atoms with Crippen LogP contribution in [-0.4, -0.2) is 48.0 Å². The van der Waals surface area contributed by atoms with Crippen molar-refractivity contribution in [2.45, 2.75) is 0 Å². The smallest absolute Gasteiger partial charge is 0.274 e. The van der Waals surface area contributed by atoms with Crippen molar-refractivity contribution < 1.29 is 14.3 Å². The predicted octanol–water partition coefficient (Wildman–Crippen LogP) is 3.11. The number of carbonyl (C=O) groups is 2. The molecule has 1 fully saturated rings. The van der Waals surface area contributed by atoms with Gasteiger partial charge in [0.05, 0.1) is 23.3 Å². The summed E-state index contributed by atoms with van der Waals surface area (Å²) in [6, 6.07) is 7.84. The lowest BCUT2D eigenvalue weighted by Gasteiger charge is -2.26. The van der Waals surface area contributed by atoms with Gasteiger partial charge in [0.2, 0.25) is 0 Å². The average Bonchev–Trinajstić information content (AvgIpc) is 2.65. The van der Waals surface area contributed by atoms with Crippen molar-refractivity contribution in [3.8, 4) is 0 Å². The number of ether oxygens (including phenoxy) is 1. The lowest BCUT2D eigenvalue weighted by atomic mass is 10.2. The molecule has 0 aliphatic carbocycles. The van der Waals surface area contributed by atoms with Gasteiger partial charge in [-0.25, -0.2) is 0 Å². The Labute approximate surface area is 154 Å². The van der Waals surface area contributed by atoms with Crippen LogP contribution in [-0.2, 0) is 4.74 Å². The molecular weight excluding hydrogens is 365 g/mol. The number of hydrogen-bond donors (Lipinski definition) is 1. The highest BCUT2D eigenvalue weighted by molar-refractivity contribution is 6.42. The number of nitrogens with one attached hydrogen (secondary N) is 1. The molecule has 8 heteroatoms. The molecule has 1 N–H and O–H groups in total. The molecule has 0 unspecified atom stereocenters. The highest BCUT2D eigenvalue weighted by atomic mass is 35.5. The fourth-order valence-corrected chi connectivity index (χ4v) is 2.70. The minimum atomic E-state index is -0.435. The average molecular weight is 380 g/mol. The molecule has 2 heterocycles. The number of rotatable bonds is 3. The summed E-state index contributed by atoms with van der Waals surface area (Å²) >= 11 is 11.8. The predicted molar refractivity (Wildman–Crippen MR) is 95.4 cm³/mol. The number of halogens is 2. The number of benzene rings is 1. The molecule has 1 aromatic heterocycles. The first-order valence-corrected chi connectivity index (χ1v) is 8.39. The van der Waals surface area contributed by atoms with E-state index in [4.69, 9.17) is 27.9 Å². The number of amides is 2. The van der Waals surface area contributed by atoms with Gasteiger partial charge in [0, 0.05) is 30.5 Å². The number of morpholine rings is 1. The zero-order valence-corrected chi connectivity index (χ0v) is 14.7. The van der Waals surface area contributed by atoms with Crippen LogP contribution in [0.1, 0.15) is 20.8 Å². The fraction of sp³-hybridized carbons (Fsp3) is 0.235. The topological polar surface area (TPSA) is 71.5 Å². The number of anilines is 1.